The van der Waals surface area contributed by atoms with Gasteiger partial charge in [-0.2, -0.15) is 5.01 Å². The molecule has 0 aliphatic carbocycles. The summed E-state index contributed by atoms with van der Waals surface area (Å²) in [5.74, 6) is -1.95. The summed E-state index contributed by atoms with van der Waals surface area (Å²) in [7, 11) is 0. The number of hydrogen-bond donors (Lipinski definition) is 2. The summed E-state index contributed by atoms with van der Waals surface area (Å²) in [4.78, 5) is 46.8. The average Bonchev–Trinajstić information content (AvgIpc) is 3.04. The molecule has 0 spiro atoms. The van der Waals surface area contributed by atoms with E-state index in [2.05, 4.69) is 5.43 Å². The van der Waals surface area contributed by atoms with Crippen LogP contribution in [0.15, 0.2) is 53.4 Å². The zero-order valence-electron chi connectivity index (χ0n) is 17.1. The molecular weight excluding hydrogens is 470 g/mol. The van der Waals surface area contributed by atoms with Crippen LogP contribution in [-0.2, 0) is 9.59 Å². The molecule has 170 valence electrons. The summed E-state index contributed by atoms with van der Waals surface area (Å²) in [5.41, 5.74) is 2.93. The first-order valence-electron chi connectivity index (χ1n) is 9.52. The number of carboxylic acid groups (broad SMARTS) is 1. The second-order valence-corrected chi connectivity index (χ2v) is 8.36. The Kier molecular flexibility index (Phi) is 7.41. The molecule has 1 saturated heterocycles. The van der Waals surface area contributed by atoms with E-state index in [4.69, 9.17) is 22.1 Å². The molecule has 1 aliphatic rings. The number of aliphatic carboxylic acids is 1. The molecule has 1 atom stereocenters. The van der Waals surface area contributed by atoms with Gasteiger partial charge >= 0.3 is 5.97 Å². The van der Waals surface area contributed by atoms with Gasteiger partial charge in [0.15, 0.2) is 10.4 Å². The number of thioether (sulfide) groups is 1. The van der Waals surface area contributed by atoms with Crippen molar-refractivity contribution in [2.75, 3.05) is 0 Å². The normalized spacial score (nSPS) is 15.4. The van der Waals surface area contributed by atoms with Gasteiger partial charge in [0.1, 0.15) is 5.75 Å². The number of carbonyl (C=O) groups is 3. The highest BCUT2D eigenvalue weighted by Crippen LogP contribution is 2.32. The summed E-state index contributed by atoms with van der Waals surface area (Å²) in [6.45, 7) is 1.69. The first-order chi connectivity index (χ1) is 15.7. The van der Waals surface area contributed by atoms with E-state index in [9.17, 15) is 24.5 Å². The SMILES string of the molecule is CCC(Oc1cccc(/C=C2/SC(=S)N(NC(=O)c3ccc([N+](=O)[O-])cc3)C2=O)c1)C(=O)O. The highest BCUT2D eigenvalue weighted by Gasteiger charge is 2.34. The van der Waals surface area contributed by atoms with Crippen molar-refractivity contribution in [1.29, 1.82) is 0 Å². The Bertz CT molecular complexity index is 1160. The third-order valence-corrected chi connectivity index (χ3v) is 5.73. The lowest BCUT2D eigenvalue weighted by Gasteiger charge is -2.15. The van der Waals surface area contributed by atoms with E-state index in [1.54, 1.807) is 37.3 Å². The minimum absolute atomic E-state index is 0.103. The van der Waals surface area contributed by atoms with Crippen molar-refractivity contribution in [3.8, 4) is 5.75 Å². The van der Waals surface area contributed by atoms with Crippen LogP contribution in [0.4, 0.5) is 5.69 Å². The number of hydrazine groups is 1. The molecule has 10 nitrogen and oxygen atoms in total. The average molecular weight is 488 g/mol. The number of nitrogens with zero attached hydrogens (tertiary/aromatic N) is 2. The van der Waals surface area contributed by atoms with Gasteiger partial charge in [-0.3, -0.25) is 25.1 Å². The molecule has 33 heavy (non-hydrogen) atoms. The van der Waals surface area contributed by atoms with E-state index in [1.165, 1.54) is 24.3 Å². The van der Waals surface area contributed by atoms with Gasteiger partial charge in [0.05, 0.1) is 9.83 Å². The Morgan fingerprint density at radius 2 is 2.00 bits per heavy atom. The van der Waals surface area contributed by atoms with Gasteiger partial charge in [0.25, 0.3) is 17.5 Å². The van der Waals surface area contributed by atoms with Crippen molar-refractivity contribution >= 4 is 57.8 Å². The van der Waals surface area contributed by atoms with E-state index >= 15 is 0 Å². The maximum absolute atomic E-state index is 12.8. The van der Waals surface area contributed by atoms with Crippen molar-refractivity contribution in [1.82, 2.24) is 10.4 Å². The Labute approximate surface area is 197 Å². The van der Waals surface area contributed by atoms with Gasteiger partial charge in [-0.25, -0.2) is 4.79 Å². The highest BCUT2D eigenvalue weighted by molar-refractivity contribution is 8.26. The maximum Gasteiger partial charge on any atom is 0.344 e. The number of nitro benzene ring substituents is 1. The van der Waals surface area contributed by atoms with Crippen LogP contribution in [-0.4, -0.2) is 43.2 Å². The molecule has 0 aromatic heterocycles. The van der Waals surface area contributed by atoms with Crippen LogP contribution in [0.25, 0.3) is 6.08 Å². The molecule has 1 aliphatic heterocycles. The Hall–Kier alpha value is -3.77. The summed E-state index contributed by atoms with van der Waals surface area (Å²) >= 11 is 6.17. The lowest BCUT2D eigenvalue weighted by Crippen LogP contribution is -2.44. The molecule has 2 aromatic carbocycles. The number of ether oxygens (including phenoxy) is 1. The van der Waals surface area contributed by atoms with Gasteiger partial charge in [-0.05, 0) is 54.5 Å². The topological polar surface area (TPSA) is 139 Å². The molecule has 0 saturated carbocycles. The Morgan fingerprint density at radius 1 is 1.30 bits per heavy atom. The van der Waals surface area contributed by atoms with Gasteiger partial charge in [0, 0.05) is 17.7 Å². The number of nitrogens with one attached hydrogen (secondary N) is 1. The molecule has 0 bridgehead atoms. The van der Waals surface area contributed by atoms with Crippen LogP contribution in [0.2, 0.25) is 0 Å². The van der Waals surface area contributed by atoms with Gasteiger partial charge in [-0.1, -0.05) is 30.8 Å². The lowest BCUT2D eigenvalue weighted by atomic mass is 10.2. The highest BCUT2D eigenvalue weighted by atomic mass is 32.2. The van der Waals surface area contributed by atoms with Crippen molar-refractivity contribution < 1.29 is 29.2 Å². The van der Waals surface area contributed by atoms with Crippen molar-refractivity contribution in [2.45, 2.75) is 19.4 Å². The molecule has 2 N–H and O–H groups in total. The largest absolute Gasteiger partial charge is 0.479 e. The maximum atomic E-state index is 12.8. The van der Waals surface area contributed by atoms with E-state index < -0.39 is 28.8 Å². The van der Waals surface area contributed by atoms with Crippen LogP contribution in [0.3, 0.4) is 0 Å². The van der Waals surface area contributed by atoms with Gasteiger partial charge < -0.3 is 9.84 Å². The molecule has 1 heterocycles. The fourth-order valence-electron chi connectivity index (χ4n) is 2.77. The summed E-state index contributed by atoms with van der Waals surface area (Å²) in [6, 6.07) is 11.5. The number of rotatable bonds is 8. The second kappa shape index (κ2) is 10.2. The summed E-state index contributed by atoms with van der Waals surface area (Å²) in [5, 5.41) is 20.8. The quantitative estimate of drug-likeness (QED) is 0.248. The molecule has 2 aromatic rings. The van der Waals surface area contributed by atoms with Crippen LogP contribution in [0.5, 0.6) is 5.75 Å². The molecule has 12 heteroatoms. The zero-order valence-corrected chi connectivity index (χ0v) is 18.7. The molecular formula is C21H17N3O7S2. The lowest BCUT2D eigenvalue weighted by molar-refractivity contribution is -0.384. The summed E-state index contributed by atoms with van der Waals surface area (Å²) in [6.07, 6.45) is 0.839. The van der Waals surface area contributed by atoms with Crippen LogP contribution in [0.1, 0.15) is 29.3 Å². The number of benzene rings is 2. The van der Waals surface area contributed by atoms with Crippen molar-refractivity contribution in [3.05, 3.63) is 74.7 Å². The number of nitro groups is 1. The van der Waals surface area contributed by atoms with Gasteiger partial charge in [0.2, 0.25) is 0 Å². The third-order valence-electron chi connectivity index (χ3n) is 4.43. The third kappa shape index (κ3) is 5.73. The standard InChI is InChI=1S/C21H17N3O7S2/c1-2-16(20(27)28)31-15-5-3-4-12(10-15)11-17-19(26)23(21(32)33-17)22-18(25)13-6-8-14(9-7-13)24(29)30/h3-11,16H,2H2,1H3,(H,22,25)(H,27,28)/b17-11+. The minimum Gasteiger partial charge on any atom is -0.479 e. The van der Waals surface area contributed by atoms with Crippen molar-refractivity contribution in [2.24, 2.45) is 0 Å². The van der Waals surface area contributed by atoms with E-state index in [0.29, 0.717) is 11.3 Å². The smallest absolute Gasteiger partial charge is 0.344 e. The fourth-order valence-corrected chi connectivity index (χ4v) is 3.95. The second-order valence-electron chi connectivity index (χ2n) is 6.69. The number of non-ortho nitro benzene ring substituents is 1. The first kappa shape index (κ1) is 23.9. The molecule has 0 radical (unpaired) electrons. The van der Waals surface area contributed by atoms with E-state index in [-0.39, 0.29) is 26.9 Å². The molecule has 2 amide bonds. The Balaban J connectivity index is 1.73. The first-order valence-corrected chi connectivity index (χ1v) is 10.7. The predicted molar refractivity (Wildman–Crippen MR) is 124 cm³/mol. The Morgan fingerprint density at radius 3 is 2.61 bits per heavy atom. The van der Waals surface area contributed by atoms with E-state index in [1.807, 2.05) is 0 Å². The number of thiocarbonyl (C=S) groups is 1. The molecule has 1 unspecified atom stereocenters. The van der Waals surface area contributed by atoms with Crippen LogP contribution >= 0.6 is 24.0 Å². The molecule has 1 fully saturated rings. The monoisotopic (exact) mass is 487 g/mol. The van der Waals surface area contributed by atoms with Gasteiger partial charge in [-0.15, -0.1) is 0 Å². The fraction of sp³-hybridized carbons (Fsp3) is 0.143. The summed E-state index contributed by atoms with van der Waals surface area (Å²) < 4.78 is 5.57. The number of amides is 2. The zero-order chi connectivity index (χ0) is 24.1. The number of carboxylic acids is 1. The van der Waals surface area contributed by atoms with Crippen molar-refractivity contribution in [3.63, 3.8) is 0 Å². The minimum atomic E-state index is -1.08. The van der Waals surface area contributed by atoms with Crippen LogP contribution < -0.4 is 10.2 Å². The predicted octanol–water partition coefficient (Wildman–Crippen LogP) is 3.38. The molecule has 3 rings (SSSR count). The van der Waals surface area contributed by atoms with Crippen LogP contribution in [0, 0.1) is 10.1 Å². The number of carbonyl (C=O) groups excluding carboxylic acids is 2. The van der Waals surface area contributed by atoms with E-state index in [0.717, 1.165) is 16.8 Å². The number of hydrogen-bond acceptors (Lipinski definition) is 8.